The van der Waals surface area contributed by atoms with Gasteiger partial charge < -0.3 is 5.73 Å². The Bertz CT molecular complexity index is 378. The number of aliphatic imine (C=N–C) groups is 1. The third kappa shape index (κ3) is 4.70. The fraction of sp³-hybridized carbons (Fsp3) is 0.500. The maximum Gasteiger partial charge on any atom is 0.0940 e. The molecule has 1 heterocycles. The van der Waals surface area contributed by atoms with E-state index in [1.54, 1.807) is 11.9 Å². The van der Waals surface area contributed by atoms with Crippen LogP contribution in [-0.4, -0.2) is 18.4 Å². The van der Waals surface area contributed by atoms with Gasteiger partial charge in [0, 0.05) is 17.9 Å². The Morgan fingerprint density at radius 3 is 2.94 bits per heavy atom. The minimum Gasteiger partial charge on any atom is -0.387 e. The van der Waals surface area contributed by atoms with Crippen molar-refractivity contribution in [1.82, 2.24) is 4.72 Å². The highest BCUT2D eigenvalue weighted by atomic mass is 32.2. The third-order valence-corrected chi connectivity index (χ3v) is 3.94. The topological polar surface area (TPSA) is 50.4 Å². The lowest BCUT2D eigenvalue weighted by molar-refractivity contribution is 0.553. The molecule has 1 aliphatic rings. The number of nitrogens with one attached hydrogen (secondary N) is 1. The van der Waals surface area contributed by atoms with Crippen LogP contribution in [0.1, 0.15) is 32.1 Å². The molecule has 1 aromatic rings. The molecule has 0 aliphatic carbocycles. The molecule has 0 aromatic heterocycles. The lowest BCUT2D eigenvalue weighted by Gasteiger charge is -2.11. The predicted molar refractivity (Wildman–Crippen MR) is 78.8 cm³/mol. The van der Waals surface area contributed by atoms with Gasteiger partial charge in [0.05, 0.1) is 11.9 Å². The van der Waals surface area contributed by atoms with E-state index in [4.69, 9.17) is 5.73 Å². The molecule has 98 valence electrons. The first kappa shape index (κ1) is 13.4. The van der Waals surface area contributed by atoms with Crippen LogP contribution in [0.2, 0.25) is 0 Å². The van der Waals surface area contributed by atoms with Gasteiger partial charge >= 0.3 is 0 Å². The van der Waals surface area contributed by atoms with E-state index in [0.717, 1.165) is 25.2 Å². The molecular weight excluding hydrogens is 242 g/mol. The summed E-state index contributed by atoms with van der Waals surface area (Å²) in [5, 5.41) is 0. The Morgan fingerprint density at radius 2 is 2.11 bits per heavy atom. The largest absolute Gasteiger partial charge is 0.387 e. The Labute approximate surface area is 113 Å². The van der Waals surface area contributed by atoms with Gasteiger partial charge in [0.15, 0.2) is 0 Å². The van der Waals surface area contributed by atoms with Crippen molar-refractivity contribution in [1.29, 1.82) is 0 Å². The van der Waals surface area contributed by atoms with E-state index in [1.807, 2.05) is 6.07 Å². The Hall–Kier alpha value is -1.00. The van der Waals surface area contributed by atoms with E-state index in [0.29, 0.717) is 6.04 Å². The van der Waals surface area contributed by atoms with Crippen LogP contribution in [0, 0.1) is 0 Å². The van der Waals surface area contributed by atoms with Crippen molar-refractivity contribution >= 4 is 17.8 Å². The van der Waals surface area contributed by atoms with E-state index in [1.165, 1.54) is 24.2 Å². The van der Waals surface area contributed by atoms with E-state index in [2.05, 4.69) is 34.0 Å². The molecule has 1 aromatic carbocycles. The lowest BCUT2D eigenvalue weighted by Crippen LogP contribution is -2.17. The van der Waals surface area contributed by atoms with Crippen molar-refractivity contribution < 1.29 is 0 Å². The summed E-state index contributed by atoms with van der Waals surface area (Å²) in [4.78, 5) is 5.82. The molecule has 0 amide bonds. The highest BCUT2D eigenvalue weighted by Gasteiger charge is 2.11. The first-order valence-corrected chi connectivity index (χ1v) is 7.43. The Kier molecular flexibility index (Phi) is 5.55. The molecule has 0 bridgehead atoms. The number of benzene rings is 1. The quantitative estimate of drug-likeness (QED) is 0.634. The van der Waals surface area contributed by atoms with Gasteiger partial charge in [0.2, 0.25) is 0 Å². The van der Waals surface area contributed by atoms with Crippen LogP contribution in [0.4, 0.5) is 0 Å². The van der Waals surface area contributed by atoms with E-state index in [-0.39, 0.29) is 0 Å². The summed E-state index contributed by atoms with van der Waals surface area (Å²) in [6.45, 7) is 0.973. The fourth-order valence-corrected chi connectivity index (χ4v) is 2.79. The van der Waals surface area contributed by atoms with Gasteiger partial charge in [-0.25, -0.2) is 0 Å². The van der Waals surface area contributed by atoms with Crippen molar-refractivity contribution in [2.45, 2.75) is 43.0 Å². The maximum atomic E-state index is 5.84. The predicted octanol–water partition coefficient (Wildman–Crippen LogP) is 2.97. The average Bonchev–Trinajstić information content (AvgIpc) is 2.60. The van der Waals surface area contributed by atoms with Gasteiger partial charge in [-0.15, -0.1) is 0 Å². The average molecular weight is 263 g/mol. The molecule has 1 aliphatic heterocycles. The minimum absolute atomic E-state index is 0.413. The summed E-state index contributed by atoms with van der Waals surface area (Å²) in [6, 6.07) is 10.8. The molecule has 1 unspecified atom stereocenters. The number of rotatable bonds is 5. The van der Waals surface area contributed by atoms with Gasteiger partial charge in [-0.05, 0) is 43.3 Å². The summed E-state index contributed by atoms with van der Waals surface area (Å²) in [5.74, 6) is 0.841. The van der Waals surface area contributed by atoms with Gasteiger partial charge in [-0.2, -0.15) is 0 Å². The fourth-order valence-electron chi connectivity index (χ4n) is 2.11. The van der Waals surface area contributed by atoms with Gasteiger partial charge in [-0.3, -0.25) is 9.71 Å². The van der Waals surface area contributed by atoms with Crippen molar-refractivity contribution in [2.24, 2.45) is 10.7 Å². The van der Waals surface area contributed by atoms with E-state index < -0.39 is 0 Å². The van der Waals surface area contributed by atoms with Crippen LogP contribution in [0.3, 0.4) is 0 Å². The smallest absolute Gasteiger partial charge is 0.0940 e. The summed E-state index contributed by atoms with van der Waals surface area (Å²) in [7, 11) is 0. The van der Waals surface area contributed by atoms with Crippen molar-refractivity contribution in [3.8, 4) is 0 Å². The van der Waals surface area contributed by atoms with Crippen molar-refractivity contribution in [3.05, 3.63) is 30.3 Å². The summed E-state index contributed by atoms with van der Waals surface area (Å²) in [5.41, 5.74) is 5.84. The number of amidine groups is 1. The molecule has 1 atom stereocenters. The zero-order valence-corrected chi connectivity index (χ0v) is 11.5. The van der Waals surface area contributed by atoms with Gasteiger partial charge in [0.25, 0.3) is 0 Å². The van der Waals surface area contributed by atoms with Crippen LogP contribution < -0.4 is 10.5 Å². The maximum absolute atomic E-state index is 5.84. The summed E-state index contributed by atoms with van der Waals surface area (Å²) < 4.78 is 3.39. The molecule has 0 saturated carbocycles. The standard InChI is InChI=1S/C14H21N3S/c15-14-9-5-4-6-12(17-14)10-11-16-18-13-7-2-1-3-8-13/h1-3,7-8,12,16H,4-6,9-11H2,(H2,15,17). The molecule has 4 heteroatoms. The van der Waals surface area contributed by atoms with Gasteiger partial charge in [-0.1, -0.05) is 24.6 Å². The second-order valence-corrected chi connectivity index (χ2v) is 5.58. The zero-order chi connectivity index (χ0) is 12.6. The molecule has 0 spiro atoms. The Balaban J connectivity index is 1.67. The van der Waals surface area contributed by atoms with Crippen molar-refractivity contribution in [2.75, 3.05) is 6.54 Å². The first-order chi connectivity index (χ1) is 8.84. The molecule has 0 saturated heterocycles. The molecule has 2 rings (SSSR count). The monoisotopic (exact) mass is 263 g/mol. The molecule has 3 N–H and O–H groups in total. The first-order valence-electron chi connectivity index (χ1n) is 6.61. The normalized spacial score (nSPS) is 20.2. The van der Waals surface area contributed by atoms with Crippen LogP contribution in [-0.2, 0) is 0 Å². The summed E-state index contributed by atoms with van der Waals surface area (Å²) >= 11 is 1.69. The van der Waals surface area contributed by atoms with Gasteiger partial charge in [0.1, 0.15) is 0 Å². The van der Waals surface area contributed by atoms with Crippen LogP contribution in [0.15, 0.2) is 40.2 Å². The van der Waals surface area contributed by atoms with Crippen LogP contribution >= 0.6 is 11.9 Å². The minimum atomic E-state index is 0.413. The van der Waals surface area contributed by atoms with Crippen LogP contribution in [0.5, 0.6) is 0 Å². The number of hydrogen-bond donors (Lipinski definition) is 2. The summed E-state index contributed by atoms with van der Waals surface area (Å²) in [6.07, 6.45) is 5.67. The second kappa shape index (κ2) is 7.44. The molecule has 0 radical (unpaired) electrons. The van der Waals surface area contributed by atoms with E-state index in [9.17, 15) is 0 Å². The lowest BCUT2D eigenvalue weighted by atomic mass is 10.1. The molecule has 0 fully saturated rings. The zero-order valence-electron chi connectivity index (χ0n) is 10.6. The van der Waals surface area contributed by atoms with Crippen molar-refractivity contribution in [3.63, 3.8) is 0 Å². The number of nitrogens with zero attached hydrogens (tertiary/aromatic N) is 1. The molecule has 3 nitrogen and oxygen atoms in total. The molecular formula is C14H21N3S. The van der Waals surface area contributed by atoms with Crippen LogP contribution in [0.25, 0.3) is 0 Å². The number of nitrogens with two attached hydrogens (primary N) is 1. The third-order valence-electron chi connectivity index (χ3n) is 3.08. The number of hydrogen-bond acceptors (Lipinski definition) is 4. The highest BCUT2D eigenvalue weighted by Crippen LogP contribution is 2.16. The Morgan fingerprint density at radius 1 is 1.28 bits per heavy atom. The second-order valence-electron chi connectivity index (χ2n) is 4.62. The highest BCUT2D eigenvalue weighted by molar-refractivity contribution is 7.97. The SMILES string of the molecule is NC1=NC(CCNSc2ccccc2)CCCC1. The van der Waals surface area contributed by atoms with E-state index >= 15 is 0 Å². The molecule has 18 heavy (non-hydrogen) atoms.